The molecule has 49 heavy (non-hydrogen) atoms. The van der Waals surface area contributed by atoms with Crippen LogP contribution in [0.3, 0.4) is 0 Å². The van der Waals surface area contributed by atoms with E-state index >= 15 is 0 Å². The van der Waals surface area contributed by atoms with Gasteiger partial charge in [0.1, 0.15) is 6.04 Å². The highest BCUT2D eigenvalue weighted by atomic mass is 32.1. The lowest BCUT2D eigenvalue weighted by atomic mass is 9.78. The Morgan fingerprint density at radius 1 is 0.857 bits per heavy atom. The van der Waals surface area contributed by atoms with Crippen molar-refractivity contribution in [2.75, 3.05) is 13.1 Å². The van der Waals surface area contributed by atoms with Crippen molar-refractivity contribution in [3.63, 3.8) is 0 Å². The summed E-state index contributed by atoms with van der Waals surface area (Å²) < 4.78 is 0. The molecule has 0 spiro atoms. The molecule has 4 aromatic rings. The Morgan fingerprint density at radius 2 is 1.51 bits per heavy atom. The summed E-state index contributed by atoms with van der Waals surface area (Å²) in [7, 11) is 0. The molecule has 9 heteroatoms. The van der Waals surface area contributed by atoms with Gasteiger partial charge >= 0.3 is 5.97 Å². The fourth-order valence-electron chi connectivity index (χ4n) is 6.98. The maximum absolute atomic E-state index is 13.5. The number of carbonyl (C=O) groups is 3. The molecule has 2 aromatic carbocycles. The molecule has 2 fully saturated rings. The minimum absolute atomic E-state index is 0.147. The Kier molecular flexibility index (Phi) is 10.9. The molecule has 2 aliphatic rings. The van der Waals surface area contributed by atoms with E-state index in [0.717, 1.165) is 39.5 Å². The lowest BCUT2D eigenvalue weighted by Crippen LogP contribution is -2.59. The number of carbonyl (C=O) groups excluding carboxylic acids is 2. The van der Waals surface area contributed by atoms with Crippen LogP contribution < -0.4 is 5.32 Å². The maximum atomic E-state index is 13.5. The summed E-state index contributed by atoms with van der Waals surface area (Å²) in [6.45, 7) is 6.87. The molecule has 2 amide bonds. The molecule has 1 atom stereocenters. The largest absolute Gasteiger partial charge is 0.481 e. The Morgan fingerprint density at radius 3 is 2.12 bits per heavy atom. The number of rotatable bonds is 12. The predicted octanol–water partition coefficient (Wildman–Crippen LogP) is 7.64. The minimum atomic E-state index is -0.913. The van der Waals surface area contributed by atoms with E-state index in [1.54, 1.807) is 6.07 Å². The second kappa shape index (κ2) is 15.5. The number of aromatic nitrogens is 2. The summed E-state index contributed by atoms with van der Waals surface area (Å²) in [5, 5.41) is 12.3. The Bertz CT molecular complexity index is 1740. The third kappa shape index (κ3) is 8.44. The van der Waals surface area contributed by atoms with E-state index in [0.29, 0.717) is 22.5 Å². The summed E-state index contributed by atoms with van der Waals surface area (Å²) in [6.07, 6.45) is 11.4. The first kappa shape index (κ1) is 34.5. The van der Waals surface area contributed by atoms with E-state index in [9.17, 15) is 19.5 Å². The van der Waals surface area contributed by atoms with E-state index in [-0.39, 0.29) is 31.3 Å². The number of aliphatic carboxylic acids is 1. The molecule has 0 unspecified atom stereocenters. The van der Waals surface area contributed by atoms with Crippen molar-refractivity contribution in [1.82, 2.24) is 20.2 Å². The summed E-state index contributed by atoms with van der Waals surface area (Å²) in [6, 6.07) is 19.5. The van der Waals surface area contributed by atoms with Crippen LogP contribution in [0.2, 0.25) is 0 Å². The van der Waals surface area contributed by atoms with Gasteiger partial charge in [0.25, 0.3) is 5.91 Å². The number of amides is 2. The second-order valence-electron chi connectivity index (χ2n) is 14.1. The van der Waals surface area contributed by atoms with Gasteiger partial charge in [-0.05, 0) is 78.7 Å². The number of benzene rings is 2. The smallest absolute Gasteiger partial charge is 0.310 e. The lowest BCUT2D eigenvalue weighted by molar-refractivity contribution is -0.153. The molecular weight excluding hydrogens is 633 g/mol. The summed E-state index contributed by atoms with van der Waals surface area (Å²) in [5.74, 6) is 0.572. The quantitative estimate of drug-likeness (QED) is 0.159. The molecular formula is C40H46N4O4S. The number of hydrogen-bond acceptors (Lipinski definition) is 6. The van der Waals surface area contributed by atoms with Gasteiger partial charge in [0, 0.05) is 47.9 Å². The van der Waals surface area contributed by atoms with Crippen molar-refractivity contribution in [1.29, 1.82) is 0 Å². The van der Waals surface area contributed by atoms with Crippen LogP contribution in [0.4, 0.5) is 0 Å². The Labute approximate surface area is 293 Å². The van der Waals surface area contributed by atoms with E-state index < -0.39 is 17.9 Å². The first-order valence-electron chi connectivity index (χ1n) is 17.6. The van der Waals surface area contributed by atoms with Crippen LogP contribution in [0.15, 0.2) is 73.1 Å². The first-order chi connectivity index (χ1) is 23.7. The van der Waals surface area contributed by atoms with E-state index in [1.165, 1.54) is 53.9 Å². The van der Waals surface area contributed by atoms with Crippen LogP contribution >= 0.6 is 11.3 Å². The van der Waals surface area contributed by atoms with Crippen molar-refractivity contribution in [3.05, 3.63) is 93.9 Å². The van der Waals surface area contributed by atoms with Crippen LogP contribution in [0, 0.1) is 17.8 Å². The monoisotopic (exact) mass is 678 g/mol. The van der Waals surface area contributed by atoms with Crippen LogP contribution in [0.5, 0.6) is 0 Å². The van der Waals surface area contributed by atoms with Crippen molar-refractivity contribution in [2.45, 2.75) is 77.7 Å². The topological polar surface area (TPSA) is 112 Å². The standard InChI is InChI=1S/C40H46N4O4S/c1-4-26-5-9-28(10-6-26)29-13-15-30(16-14-29)32-21-41-37(42-22-32)31-11-7-27(8-12-31)20-35(39(46)44-23-33(24-44)40(47)48)43-38(45)36-18-17-34(49-36)19-25(2)3/h7-8,11-18,21-22,25-26,28,33,35H,4-6,9-10,19-20,23-24H2,1-3H3,(H,43,45)(H,47,48)/t26?,28?,35-/m0/s1. The fraction of sp³-hybridized carbons (Fsp3) is 0.425. The zero-order valence-corrected chi connectivity index (χ0v) is 29.4. The third-order valence-corrected chi connectivity index (χ3v) is 11.2. The van der Waals surface area contributed by atoms with E-state index in [1.807, 2.05) is 42.7 Å². The van der Waals surface area contributed by atoms with Gasteiger partial charge in [-0.3, -0.25) is 14.4 Å². The number of nitrogens with zero attached hydrogens (tertiary/aromatic N) is 3. The predicted molar refractivity (Wildman–Crippen MR) is 193 cm³/mol. The molecule has 2 N–H and O–H groups in total. The Balaban J connectivity index is 1.10. The van der Waals surface area contributed by atoms with Crippen molar-refractivity contribution < 1.29 is 19.5 Å². The van der Waals surface area contributed by atoms with E-state index in [4.69, 9.17) is 0 Å². The van der Waals surface area contributed by atoms with Gasteiger partial charge in [0.2, 0.25) is 5.91 Å². The van der Waals surface area contributed by atoms with Crippen molar-refractivity contribution in [2.24, 2.45) is 17.8 Å². The van der Waals surface area contributed by atoms with Crippen molar-refractivity contribution in [3.8, 4) is 22.5 Å². The lowest BCUT2D eigenvalue weighted by Gasteiger charge is -2.38. The van der Waals surface area contributed by atoms with Gasteiger partial charge in [-0.25, -0.2) is 9.97 Å². The van der Waals surface area contributed by atoms with E-state index in [2.05, 4.69) is 60.3 Å². The van der Waals surface area contributed by atoms with Crippen LogP contribution in [-0.2, 0) is 22.4 Å². The fourth-order valence-corrected chi connectivity index (χ4v) is 8.10. The Hall–Kier alpha value is -4.37. The molecule has 256 valence electrons. The molecule has 2 aromatic heterocycles. The summed E-state index contributed by atoms with van der Waals surface area (Å²) in [5.41, 5.74) is 5.21. The van der Waals surface area contributed by atoms with Crippen LogP contribution in [0.1, 0.15) is 84.5 Å². The zero-order valence-electron chi connectivity index (χ0n) is 28.6. The maximum Gasteiger partial charge on any atom is 0.310 e. The summed E-state index contributed by atoms with van der Waals surface area (Å²) >= 11 is 1.44. The molecule has 0 bridgehead atoms. The normalized spacial score (nSPS) is 18.6. The van der Waals surface area contributed by atoms with Crippen LogP contribution in [0.25, 0.3) is 22.5 Å². The van der Waals surface area contributed by atoms with Gasteiger partial charge in [-0.2, -0.15) is 0 Å². The summed E-state index contributed by atoms with van der Waals surface area (Å²) in [4.78, 5) is 50.6. The molecule has 6 rings (SSSR count). The molecule has 3 heterocycles. The molecule has 0 radical (unpaired) electrons. The average molecular weight is 679 g/mol. The molecule has 1 aliphatic carbocycles. The second-order valence-corrected chi connectivity index (χ2v) is 15.3. The minimum Gasteiger partial charge on any atom is -0.481 e. The molecule has 1 saturated heterocycles. The van der Waals surface area contributed by atoms with Gasteiger partial charge in [-0.15, -0.1) is 11.3 Å². The molecule has 1 aliphatic heterocycles. The van der Waals surface area contributed by atoms with Crippen molar-refractivity contribution >= 4 is 29.1 Å². The van der Waals surface area contributed by atoms with Crippen LogP contribution in [-0.4, -0.2) is 56.9 Å². The number of carboxylic acid groups (broad SMARTS) is 1. The number of hydrogen-bond donors (Lipinski definition) is 2. The first-order valence-corrected chi connectivity index (χ1v) is 18.4. The van der Waals surface area contributed by atoms with Gasteiger partial charge in [-0.1, -0.05) is 75.7 Å². The number of thiophene rings is 1. The highest BCUT2D eigenvalue weighted by molar-refractivity contribution is 7.14. The van der Waals surface area contributed by atoms with Gasteiger partial charge in [0.05, 0.1) is 10.8 Å². The molecule has 8 nitrogen and oxygen atoms in total. The SMILES string of the molecule is CCC1CCC(c2ccc(-c3cnc(-c4ccc(C[C@H](NC(=O)c5ccc(CC(C)C)s5)C(=O)N5CC(C(=O)O)C5)cc4)nc3)cc2)CC1. The highest BCUT2D eigenvalue weighted by Crippen LogP contribution is 2.37. The third-order valence-electron chi connectivity index (χ3n) is 10.1. The number of likely N-dealkylation sites (tertiary alicyclic amines) is 1. The highest BCUT2D eigenvalue weighted by Gasteiger charge is 2.39. The number of nitrogens with one attached hydrogen (secondary N) is 1. The van der Waals surface area contributed by atoms with Gasteiger partial charge in [0.15, 0.2) is 5.82 Å². The molecule has 1 saturated carbocycles. The van der Waals surface area contributed by atoms with Gasteiger partial charge < -0.3 is 15.3 Å². The average Bonchev–Trinajstić information content (AvgIpc) is 3.56. The zero-order chi connectivity index (χ0) is 34.5. The number of carboxylic acids is 1.